The zero-order chi connectivity index (χ0) is 17.0. The number of carbonyl (C=O) groups excluding carboxylic acids is 1. The minimum atomic E-state index is -0.457. The Bertz CT molecular complexity index is 578. The number of nitrogens with zero attached hydrogens (tertiary/aromatic N) is 2. The molecule has 0 atom stereocenters. The second-order valence-electron chi connectivity index (χ2n) is 6.73. The number of carbonyl (C=O) groups is 1. The van der Waals surface area contributed by atoms with E-state index in [0.717, 1.165) is 31.6 Å². The molecule has 0 radical (unpaired) electrons. The van der Waals surface area contributed by atoms with Crippen LogP contribution in [0.1, 0.15) is 44.0 Å². The summed E-state index contributed by atoms with van der Waals surface area (Å²) in [4.78, 5) is 25.2. The maximum absolute atomic E-state index is 12.5. The Balaban J connectivity index is 2.29. The second kappa shape index (κ2) is 7.44. The van der Waals surface area contributed by atoms with Gasteiger partial charge in [0, 0.05) is 31.8 Å². The van der Waals surface area contributed by atoms with Crippen LogP contribution in [0.15, 0.2) is 18.2 Å². The van der Waals surface area contributed by atoms with Gasteiger partial charge in [0.25, 0.3) is 11.6 Å². The molecule has 23 heavy (non-hydrogen) atoms. The standard InChI is InChI=1S/C17H25N3O3/c1-12(2)11-18-17(21)15-10-14(20(22)23)4-5-16(15)19-8-6-13(3)7-9-19/h4-5,10,12-13H,6-9,11H2,1-3H3,(H,18,21). The summed E-state index contributed by atoms with van der Waals surface area (Å²) in [5.74, 6) is 0.774. The molecule has 0 aromatic heterocycles. The van der Waals surface area contributed by atoms with Gasteiger partial charge < -0.3 is 10.2 Å². The van der Waals surface area contributed by atoms with Crippen molar-refractivity contribution in [3.05, 3.63) is 33.9 Å². The summed E-state index contributed by atoms with van der Waals surface area (Å²) in [5.41, 5.74) is 1.15. The van der Waals surface area contributed by atoms with Gasteiger partial charge in [-0.15, -0.1) is 0 Å². The lowest BCUT2D eigenvalue weighted by molar-refractivity contribution is -0.384. The predicted octanol–water partition coefficient (Wildman–Crippen LogP) is 3.22. The first-order valence-electron chi connectivity index (χ1n) is 8.20. The molecule has 6 nitrogen and oxygen atoms in total. The highest BCUT2D eigenvalue weighted by molar-refractivity contribution is 6.00. The fraction of sp³-hybridized carbons (Fsp3) is 0.588. The molecule has 0 unspecified atom stereocenters. The zero-order valence-corrected chi connectivity index (χ0v) is 14.0. The van der Waals surface area contributed by atoms with Crippen LogP contribution in [0.2, 0.25) is 0 Å². The Morgan fingerprint density at radius 1 is 1.39 bits per heavy atom. The van der Waals surface area contributed by atoms with Crippen LogP contribution in [0, 0.1) is 22.0 Å². The molecule has 0 aliphatic carbocycles. The Morgan fingerprint density at radius 3 is 2.61 bits per heavy atom. The monoisotopic (exact) mass is 319 g/mol. The van der Waals surface area contributed by atoms with E-state index < -0.39 is 4.92 Å². The molecule has 0 saturated carbocycles. The number of nitro groups is 1. The maximum atomic E-state index is 12.5. The second-order valence-corrected chi connectivity index (χ2v) is 6.73. The van der Waals surface area contributed by atoms with Crippen LogP contribution >= 0.6 is 0 Å². The summed E-state index contributed by atoms with van der Waals surface area (Å²) >= 11 is 0. The lowest BCUT2D eigenvalue weighted by Gasteiger charge is -2.33. The lowest BCUT2D eigenvalue weighted by Crippen LogP contribution is -2.35. The molecular formula is C17H25N3O3. The fourth-order valence-corrected chi connectivity index (χ4v) is 2.74. The third-order valence-electron chi connectivity index (χ3n) is 4.23. The van der Waals surface area contributed by atoms with Crippen molar-refractivity contribution in [2.45, 2.75) is 33.6 Å². The van der Waals surface area contributed by atoms with Gasteiger partial charge in [0.2, 0.25) is 0 Å². The largest absolute Gasteiger partial charge is 0.371 e. The molecule has 0 spiro atoms. The van der Waals surface area contributed by atoms with E-state index in [0.29, 0.717) is 23.9 Å². The quantitative estimate of drug-likeness (QED) is 0.668. The first-order valence-corrected chi connectivity index (χ1v) is 8.20. The molecule has 1 heterocycles. The molecule has 1 amide bonds. The number of benzene rings is 1. The number of anilines is 1. The van der Waals surface area contributed by atoms with Gasteiger partial charge in [-0.05, 0) is 30.7 Å². The van der Waals surface area contributed by atoms with Gasteiger partial charge in [-0.1, -0.05) is 20.8 Å². The van der Waals surface area contributed by atoms with Gasteiger partial charge in [-0.3, -0.25) is 14.9 Å². The molecule has 126 valence electrons. The van der Waals surface area contributed by atoms with Crippen LogP contribution in [0.25, 0.3) is 0 Å². The van der Waals surface area contributed by atoms with Crippen molar-refractivity contribution in [3.8, 4) is 0 Å². The molecule has 1 fully saturated rings. The molecular weight excluding hydrogens is 294 g/mol. The van der Waals surface area contributed by atoms with E-state index in [1.807, 2.05) is 13.8 Å². The number of hydrogen-bond donors (Lipinski definition) is 1. The van der Waals surface area contributed by atoms with Gasteiger partial charge >= 0.3 is 0 Å². The molecule has 0 bridgehead atoms. The topological polar surface area (TPSA) is 75.5 Å². The van der Waals surface area contributed by atoms with E-state index in [1.165, 1.54) is 12.1 Å². The van der Waals surface area contributed by atoms with E-state index in [2.05, 4.69) is 17.1 Å². The van der Waals surface area contributed by atoms with E-state index >= 15 is 0 Å². The fourth-order valence-electron chi connectivity index (χ4n) is 2.74. The molecule has 1 aliphatic heterocycles. The SMILES string of the molecule is CC(C)CNC(=O)c1cc([N+](=O)[O-])ccc1N1CCC(C)CC1. The summed E-state index contributed by atoms with van der Waals surface area (Å²) in [6, 6.07) is 4.58. The van der Waals surface area contributed by atoms with Crippen LogP contribution in [-0.4, -0.2) is 30.5 Å². The summed E-state index contributed by atoms with van der Waals surface area (Å²) in [5, 5.41) is 13.9. The van der Waals surface area contributed by atoms with Crippen molar-refractivity contribution in [2.24, 2.45) is 11.8 Å². The third-order valence-corrected chi connectivity index (χ3v) is 4.23. The van der Waals surface area contributed by atoms with E-state index in [9.17, 15) is 14.9 Å². The normalized spacial score (nSPS) is 15.7. The average molecular weight is 319 g/mol. The zero-order valence-electron chi connectivity index (χ0n) is 14.0. The van der Waals surface area contributed by atoms with E-state index in [4.69, 9.17) is 0 Å². The Hall–Kier alpha value is -2.11. The summed E-state index contributed by atoms with van der Waals surface area (Å²) in [7, 11) is 0. The van der Waals surface area contributed by atoms with E-state index in [-0.39, 0.29) is 11.6 Å². The molecule has 6 heteroatoms. The smallest absolute Gasteiger partial charge is 0.270 e. The average Bonchev–Trinajstić information content (AvgIpc) is 2.52. The van der Waals surface area contributed by atoms with Crippen molar-refractivity contribution in [3.63, 3.8) is 0 Å². The number of piperidine rings is 1. The molecule has 1 aromatic rings. The van der Waals surface area contributed by atoms with Crippen LogP contribution in [0.3, 0.4) is 0 Å². The number of nitrogens with one attached hydrogen (secondary N) is 1. The van der Waals surface area contributed by atoms with Gasteiger partial charge in [0.15, 0.2) is 0 Å². The van der Waals surface area contributed by atoms with Crippen LogP contribution in [0.4, 0.5) is 11.4 Å². The van der Waals surface area contributed by atoms with Crippen molar-refractivity contribution in [1.82, 2.24) is 5.32 Å². The minimum absolute atomic E-state index is 0.0474. The molecule has 1 aliphatic rings. The molecule has 1 aromatic carbocycles. The number of amides is 1. The Morgan fingerprint density at radius 2 is 2.04 bits per heavy atom. The van der Waals surface area contributed by atoms with Gasteiger partial charge in [0.1, 0.15) is 0 Å². The maximum Gasteiger partial charge on any atom is 0.270 e. The van der Waals surface area contributed by atoms with Crippen LogP contribution in [0.5, 0.6) is 0 Å². The van der Waals surface area contributed by atoms with E-state index in [1.54, 1.807) is 6.07 Å². The number of non-ortho nitro benzene ring substituents is 1. The third kappa shape index (κ3) is 4.43. The molecule has 1 saturated heterocycles. The Labute approximate surface area is 137 Å². The predicted molar refractivity (Wildman–Crippen MR) is 90.9 cm³/mol. The Kier molecular flexibility index (Phi) is 5.58. The van der Waals surface area contributed by atoms with Crippen molar-refractivity contribution >= 4 is 17.3 Å². The molecule has 1 N–H and O–H groups in total. The highest BCUT2D eigenvalue weighted by atomic mass is 16.6. The van der Waals surface area contributed by atoms with Crippen molar-refractivity contribution < 1.29 is 9.72 Å². The first-order chi connectivity index (χ1) is 10.9. The molecule has 2 rings (SSSR count). The van der Waals surface area contributed by atoms with Crippen molar-refractivity contribution in [2.75, 3.05) is 24.5 Å². The summed E-state index contributed by atoms with van der Waals surface area (Å²) in [6.45, 7) is 8.57. The van der Waals surface area contributed by atoms with Gasteiger partial charge in [0.05, 0.1) is 16.2 Å². The van der Waals surface area contributed by atoms with Crippen LogP contribution < -0.4 is 10.2 Å². The van der Waals surface area contributed by atoms with Crippen LogP contribution in [-0.2, 0) is 0 Å². The minimum Gasteiger partial charge on any atom is -0.371 e. The number of hydrogen-bond acceptors (Lipinski definition) is 4. The number of nitro benzene ring substituents is 1. The summed E-state index contributed by atoms with van der Waals surface area (Å²) in [6.07, 6.45) is 2.15. The van der Waals surface area contributed by atoms with Crippen molar-refractivity contribution in [1.29, 1.82) is 0 Å². The summed E-state index contributed by atoms with van der Waals surface area (Å²) < 4.78 is 0. The first kappa shape index (κ1) is 17.2. The van der Waals surface area contributed by atoms with Gasteiger partial charge in [-0.25, -0.2) is 0 Å². The highest BCUT2D eigenvalue weighted by Crippen LogP contribution is 2.29. The van der Waals surface area contributed by atoms with Gasteiger partial charge in [-0.2, -0.15) is 0 Å². The lowest BCUT2D eigenvalue weighted by atomic mass is 9.98. The number of rotatable bonds is 5. The highest BCUT2D eigenvalue weighted by Gasteiger charge is 2.23.